The lowest BCUT2D eigenvalue weighted by atomic mass is 10.3. The minimum atomic E-state index is -0.0165. The van der Waals surface area contributed by atoms with Crippen LogP contribution in [0.25, 0.3) is 11.0 Å². The minimum absolute atomic E-state index is 0.0165. The lowest BCUT2D eigenvalue weighted by Crippen LogP contribution is -2.33. The summed E-state index contributed by atoms with van der Waals surface area (Å²) >= 11 is 3.35. The van der Waals surface area contributed by atoms with Gasteiger partial charge >= 0.3 is 0 Å². The molecule has 0 N–H and O–H groups in total. The van der Waals surface area contributed by atoms with Gasteiger partial charge in [-0.3, -0.25) is 4.79 Å². The van der Waals surface area contributed by atoms with E-state index in [-0.39, 0.29) is 12.0 Å². The Hall–Kier alpha value is -2.41. The summed E-state index contributed by atoms with van der Waals surface area (Å²) in [6, 6.07) is 11.5. The highest BCUT2D eigenvalue weighted by Gasteiger charge is 2.28. The molecule has 6 nitrogen and oxygen atoms in total. The van der Waals surface area contributed by atoms with Crippen LogP contribution in [-0.2, 0) is 11.3 Å². The zero-order valence-corrected chi connectivity index (χ0v) is 15.1. The molecule has 0 bridgehead atoms. The first-order valence-electron chi connectivity index (χ1n) is 8.15. The average molecular weight is 401 g/mol. The van der Waals surface area contributed by atoms with Crippen LogP contribution in [0.3, 0.4) is 0 Å². The highest BCUT2D eigenvalue weighted by Crippen LogP contribution is 2.19. The van der Waals surface area contributed by atoms with Crippen LogP contribution in [0.15, 0.2) is 53.4 Å². The molecule has 0 radical (unpaired) electrons. The highest BCUT2D eigenvalue weighted by molar-refractivity contribution is 9.10. The number of amides is 1. The number of carbonyl (C=O) groups is 1. The van der Waals surface area contributed by atoms with Crippen LogP contribution in [0, 0.1) is 0 Å². The smallest absolute Gasteiger partial charge is 0.242 e. The molecule has 1 amide bonds. The Balaban J connectivity index is 1.38. The van der Waals surface area contributed by atoms with E-state index < -0.39 is 0 Å². The number of rotatable bonds is 4. The van der Waals surface area contributed by atoms with Gasteiger partial charge in [-0.2, -0.15) is 0 Å². The Labute approximate surface area is 153 Å². The van der Waals surface area contributed by atoms with E-state index in [1.165, 1.54) is 0 Å². The van der Waals surface area contributed by atoms with Crippen LogP contribution in [0.5, 0.6) is 5.88 Å². The SMILES string of the molecule is O=C(Cn1cnc2ccccc21)N1CCC(Oc2ccc(Br)cn2)C1. The molecule has 4 rings (SSSR count). The second-order valence-corrected chi connectivity index (χ2v) is 6.96. The van der Waals surface area contributed by atoms with E-state index in [9.17, 15) is 4.79 Å². The maximum atomic E-state index is 12.6. The monoisotopic (exact) mass is 400 g/mol. The summed E-state index contributed by atoms with van der Waals surface area (Å²) in [7, 11) is 0. The molecule has 7 heteroatoms. The predicted octanol–water partition coefficient (Wildman–Crippen LogP) is 2.87. The Morgan fingerprint density at radius 1 is 1.24 bits per heavy atom. The van der Waals surface area contributed by atoms with Crippen molar-refractivity contribution in [1.29, 1.82) is 0 Å². The van der Waals surface area contributed by atoms with E-state index in [4.69, 9.17) is 4.74 Å². The van der Waals surface area contributed by atoms with Crippen molar-refractivity contribution in [2.75, 3.05) is 13.1 Å². The van der Waals surface area contributed by atoms with Crippen molar-refractivity contribution in [2.24, 2.45) is 0 Å². The third-order valence-corrected chi connectivity index (χ3v) is 4.79. The van der Waals surface area contributed by atoms with Gasteiger partial charge in [0.2, 0.25) is 11.8 Å². The van der Waals surface area contributed by atoms with Gasteiger partial charge < -0.3 is 14.2 Å². The van der Waals surface area contributed by atoms with Crippen molar-refractivity contribution in [1.82, 2.24) is 19.4 Å². The maximum absolute atomic E-state index is 12.6. The topological polar surface area (TPSA) is 60.2 Å². The fourth-order valence-corrected chi connectivity index (χ4v) is 3.27. The molecule has 128 valence electrons. The largest absolute Gasteiger partial charge is 0.472 e. The molecule has 1 fully saturated rings. The third-order valence-electron chi connectivity index (χ3n) is 4.32. The lowest BCUT2D eigenvalue weighted by molar-refractivity contribution is -0.131. The number of hydrogen-bond donors (Lipinski definition) is 0. The van der Waals surface area contributed by atoms with Crippen molar-refractivity contribution in [3.05, 3.63) is 53.4 Å². The molecule has 0 saturated carbocycles. The molecular formula is C18H17BrN4O2. The molecule has 1 aliphatic heterocycles. The molecule has 1 unspecified atom stereocenters. The molecule has 3 aromatic rings. The summed E-state index contributed by atoms with van der Waals surface area (Å²) in [5.41, 5.74) is 1.88. The minimum Gasteiger partial charge on any atom is -0.472 e. The van der Waals surface area contributed by atoms with E-state index in [1.54, 1.807) is 12.5 Å². The van der Waals surface area contributed by atoms with E-state index in [0.29, 0.717) is 25.5 Å². The summed E-state index contributed by atoms with van der Waals surface area (Å²) in [5, 5.41) is 0. The number of aromatic nitrogens is 3. The van der Waals surface area contributed by atoms with E-state index in [2.05, 4.69) is 25.9 Å². The average Bonchev–Trinajstić information content (AvgIpc) is 3.25. The number of ether oxygens (including phenoxy) is 1. The Bertz CT molecular complexity index is 893. The molecule has 1 aromatic carbocycles. The van der Waals surface area contributed by atoms with Crippen molar-refractivity contribution in [3.63, 3.8) is 0 Å². The van der Waals surface area contributed by atoms with Gasteiger partial charge in [-0.1, -0.05) is 12.1 Å². The Morgan fingerprint density at radius 2 is 2.12 bits per heavy atom. The molecule has 1 aliphatic rings. The molecule has 1 atom stereocenters. The Morgan fingerprint density at radius 3 is 2.96 bits per heavy atom. The van der Waals surface area contributed by atoms with Gasteiger partial charge in [-0.15, -0.1) is 0 Å². The van der Waals surface area contributed by atoms with Crippen LogP contribution in [-0.4, -0.2) is 44.5 Å². The second-order valence-electron chi connectivity index (χ2n) is 6.04. The first-order chi connectivity index (χ1) is 12.2. The fraction of sp³-hybridized carbons (Fsp3) is 0.278. The number of hydrogen-bond acceptors (Lipinski definition) is 4. The normalized spacial score (nSPS) is 17.2. The summed E-state index contributed by atoms with van der Waals surface area (Å²) in [4.78, 5) is 23.0. The molecular weight excluding hydrogens is 384 g/mol. The van der Waals surface area contributed by atoms with Crippen LogP contribution < -0.4 is 4.74 Å². The maximum Gasteiger partial charge on any atom is 0.242 e. The number of nitrogens with zero attached hydrogens (tertiary/aromatic N) is 4. The highest BCUT2D eigenvalue weighted by atomic mass is 79.9. The van der Waals surface area contributed by atoms with Crippen LogP contribution >= 0.6 is 15.9 Å². The number of likely N-dealkylation sites (tertiary alicyclic amines) is 1. The Kier molecular flexibility index (Phi) is 4.40. The van der Waals surface area contributed by atoms with Gasteiger partial charge in [0.15, 0.2) is 0 Å². The predicted molar refractivity (Wildman–Crippen MR) is 97.3 cm³/mol. The first-order valence-corrected chi connectivity index (χ1v) is 8.94. The number of benzene rings is 1. The number of fused-ring (bicyclic) bond motifs is 1. The molecule has 0 spiro atoms. The molecule has 25 heavy (non-hydrogen) atoms. The van der Waals surface area contributed by atoms with E-state index in [1.807, 2.05) is 45.9 Å². The van der Waals surface area contributed by atoms with Crippen molar-refractivity contribution in [2.45, 2.75) is 19.1 Å². The van der Waals surface area contributed by atoms with Crippen LogP contribution in [0.2, 0.25) is 0 Å². The molecule has 1 saturated heterocycles. The molecule has 0 aliphatic carbocycles. The second kappa shape index (κ2) is 6.84. The summed E-state index contributed by atoms with van der Waals surface area (Å²) in [5.74, 6) is 0.668. The van der Waals surface area contributed by atoms with E-state index in [0.717, 1.165) is 21.9 Å². The number of pyridine rings is 1. The summed E-state index contributed by atoms with van der Waals surface area (Å²) in [6.07, 6.45) is 4.22. The number of para-hydroxylation sites is 2. The number of carbonyl (C=O) groups excluding carboxylic acids is 1. The zero-order chi connectivity index (χ0) is 17.2. The quantitative estimate of drug-likeness (QED) is 0.675. The number of imidazole rings is 1. The summed E-state index contributed by atoms with van der Waals surface area (Å²) < 4.78 is 8.67. The summed E-state index contributed by atoms with van der Waals surface area (Å²) in [6.45, 7) is 1.58. The molecule has 2 aromatic heterocycles. The lowest BCUT2D eigenvalue weighted by Gasteiger charge is -2.17. The van der Waals surface area contributed by atoms with Gasteiger partial charge in [0.05, 0.1) is 23.9 Å². The van der Waals surface area contributed by atoms with Crippen molar-refractivity contribution < 1.29 is 9.53 Å². The van der Waals surface area contributed by atoms with Gasteiger partial charge in [0.1, 0.15) is 12.6 Å². The van der Waals surface area contributed by atoms with Crippen molar-refractivity contribution >= 4 is 32.9 Å². The van der Waals surface area contributed by atoms with Gasteiger partial charge in [-0.25, -0.2) is 9.97 Å². The first kappa shape index (κ1) is 16.1. The van der Waals surface area contributed by atoms with Gasteiger partial charge in [-0.05, 0) is 34.1 Å². The van der Waals surface area contributed by atoms with Gasteiger partial charge in [0.25, 0.3) is 0 Å². The third kappa shape index (κ3) is 3.51. The van der Waals surface area contributed by atoms with Crippen LogP contribution in [0.1, 0.15) is 6.42 Å². The van der Waals surface area contributed by atoms with Crippen molar-refractivity contribution in [3.8, 4) is 5.88 Å². The fourth-order valence-electron chi connectivity index (χ4n) is 3.04. The number of halogens is 1. The van der Waals surface area contributed by atoms with Crippen LogP contribution in [0.4, 0.5) is 0 Å². The zero-order valence-electron chi connectivity index (χ0n) is 13.5. The van der Waals surface area contributed by atoms with E-state index >= 15 is 0 Å². The van der Waals surface area contributed by atoms with Gasteiger partial charge in [0, 0.05) is 29.7 Å². The molecule has 3 heterocycles. The standard InChI is InChI=1S/C18H17BrN4O2/c19-13-5-6-17(20-9-13)25-14-7-8-22(10-14)18(24)11-23-12-21-15-3-1-2-4-16(15)23/h1-6,9,12,14H,7-8,10-11H2.